The van der Waals surface area contributed by atoms with Gasteiger partial charge in [-0.15, -0.1) is 0 Å². The minimum absolute atomic E-state index is 0.0572. The van der Waals surface area contributed by atoms with Gasteiger partial charge in [0.2, 0.25) is 0 Å². The number of ether oxygens (including phenoxy) is 2. The summed E-state index contributed by atoms with van der Waals surface area (Å²) in [5.41, 5.74) is 0.507. The molecule has 1 aliphatic heterocycles. The first-order valence-corrected chi connectivity index (χ1v) is 8.64. The maximum atomic E-state index is 12.9. The number of carbonyl (C=O) groups excluding carboxylic acids is 2. The summed E-state index contributed by atoms with van der Waals surface area (Å²) < 4.78 is 10.5. The fraction of sp³-hybridized carbons (Fsp3) is 0.556. The van der Waals surface area contributed by atoms with Crippen LogP contribution in [0.3, 0.4) is 0 Å². The highest BCUT2D eigenvalue weighted by atomic mass is 16.5. The molecular weight excluding hydrogens is 322 g/mol. The van der Waals surface area contributed by atoms with E-state index in [1.165, 1.54) is 7.11 Å². The van der Waals surface area contributed by atoms with E-state index in [0.29, 0.717) is 49.8 Å². The summed E-state index contributed by atoms with van der Waals surface area (Å²) in [6.07, 6.45) is 1.66. The van der Waals surface area contributed by atoms with E-state index in [4.69, 9.17) is 9.47 Å². The Morgan fingerprint density at radius 1 is 1.08 bits per heavy atom. The molecule has 1 heterocycles. The first kappa shape index (κ1) is 18.9. The van der Waals surface area contributed by atoms with Crippen LogP contribution in [0.15, 0.2) is 18.2 Å². The molecule has 0 spiro atoms. The number of hydrogen-bond donors (Lipinski definition) is 1. The number of hydrogen-bond acceptors (Lipinski definition) is 4. The molecule has 0 aromatic heterocycles. The number of amides is 3. The molecule has 138 valence electrons. The van der Waals surface area contributed by atoms with E-state index in [1.807, 2.05) is 6.92 Å². The zero-order chi connectivity index (χ0) is 18.2. The summed E-state index contributed by atoms with van der Waals surface area (Å²) in [4.78, 5) is 28.5. The van der Waals surface area contributed by atoms with Crippen LogP contribution in [0.5, 0.6) is 11.5 Å². The Balaban J connectivity index is 2.04. The Hall–Kier alpha value is -2.44. The smallest absolute Gasteiger partial charge is 0.317 e. The van der Waals surface area contributed by atoms with Gasteiger partial charge in [-0.25, -0.2) is 4.79 Å². The Kier molecular flexibility index (Phi) is 6.91. The van der Waals surface area contributed by atoms with Crippen LogP contribution in [0.25, 0.3) is 0 Å². The highest BCUT2D eigenvalue weighted by molar-refractivity contribution is 5.97. The second-order valence-electron chi connectivity index (χ2n) is 5.93. The Bertz CT molecular complexity index is 606. The van der Waals surface area contributed by atoms with Crippen molar-refractivity contribution in [2.75, 3.05) is 46.9 Å². The normalized spacial score (nSPS) is 14.7. The first-order valence-electron chi connectivity index (χ1n) is 8.64. The summed E-state index contributed by atoms with van der Waals surface area (Å²) in [7, 11) is 3.11. The van der Waals surface area contributed by atoms with Gasteiger partial charge in [0.05, 0.1) is 19.8 Å². The topological polar surface area (TPSA) is 71.1 Å². The molecule has 0 aliphatic carbocycles. The highest BCUT2D eigenvalue weighted by Crippen LogP contribution is 2.26. The van der Waals surface area contributed by atoms with Gasteiger partial charge in [0.25, 0.3) is 5.91 Å². The number of carbonyl (C=O) groups is 2. The number of urea groups is 1. The molecular formula is C18H27N3O4. The Morgan fingerprint density at radius 3 is 2.48 bits per heavy atom. The quantitative estimate of drug-likeness (QED) is 0.882. The molecule has 1 aromatic carbocycles. The van der Waals surface area contributed by atoms with Crippen LogP contribution in [0, 0.1) is 0 Å². The SMILES string of the molecule is CCCNC(=O)N1CCCN(C(=O)c2ccc(OC)cc2OC)CC1. The largest absolute Gasteiger partial charge is 0.497 e. The lowest BCUT2D eigenvalue weighted by atomic mass is 10.1. The van der Waals surface area contributed by atoms with Crippen LogP contribution in [0.1, 0.15) is 30.1 Å². The van der Waals surface area contributed by atoms with Gasteiger partial charge < -0.3 is 24.6 Å². The van der Waals surface area contributed by atoms with Crippen molar-refractivity contribution in [3.05, 3.63) is 23.8 Å². The molecule has 1 fully saturated rings. The molecule has 7 nitrogen and oxygen atoms in total. The van der Waals surface area contributed by atoms with Crippen LogP contribution in [-0.4, -0.2) is 68.7 Å². The van der Waals surface area contributed by atoms with Crippen LogP contribution in [0.4, 0.5) is 4.79 Å². The van der Waals surface area contributed by atoms with Crippen LogP contribution in [-0.2, 0) is 0 Å². The van der Waals surface area contributed by atoms with Crippen molar-refractivity contribution in [3.8, 4) is 11.5 Å². The van der Waals surface area contributed by atoms with E-state index < -0.39 is 0 Å². The molecule has 0 saturated carbocycles. The predicted molar refractivity (Wildman–Crippen MR) is 95.3 cm³/mol. The minimum Gasteiger partial charge on any atom is -0.497 e. The van der Waals surface area contributed by atoms with Crippen molar-refractivity contribution in [3.63, 3.8) is 0 Å². The van der Waals surface area contributed by atoms with Gasteiger partial charge in [0.15, 0.2) is 0 Å². The third kappa shape index (κ3) is 4.78. The minimum atomic E-state index is -0.0877. The lowest BCUT2D eigenvalue weighted by molar-refractivity contribution is 0.0759. The summed E-state index contributed by atoms with van der Waals surface area (Å²) >= 11 is 0. The summed E-state index contributed by atoms with van der Waals surface area (Å²) in [6, 6.07) is 5.11. The molecule has 3 amide bonds. The average Bonchev–Trinajstić information content (AvgIpc) is 2.91. The molecule has 0 unspecified atom stereocenters. The van der Waals surface area contributed by atoms with Crippen LogP contribution >= 0.6 is 0 Å². The van der Waals surface area contributed by atoms with Crippen molar-refractivity contribution < 1.29 is 19.1 Å². The first-order chi connectivity index (χ1) is 12.1. The summed E-state index contributed by atoms with van der Waals surface area (Å²) in [5, 5.41) is 2.89. The predicted octanol–water partition coefficient (Wildman–Crippen LogP) is 1.97. The maximum Gasteiger partial charge on any atom is 0.317 e. The molecule has 1 aliphatic rings. The van der Waals surface area contributed by atoms with E-state index in [9.17, 15) is 9.59 Å². The van der Waals surface area contributed by atoms with E-state index in [1.54, 1.807) is 35.1 Å². The van der Waals surface area contributed by atoms with Gasteiger partial charge in [-0.05, 0) is 25.0 Å². The Labute approximate surface area is 148 Å². The van der Waals surface area contributed by atoms with Gasteiger partial charge in [0, 0.05) is 38.8 Å². The van der Waals surface area contributed by atoms with E-state index in [2.05, 4.69) is 5.32 Å². The standard InChI is InChI=1S/C18H27N3O4/c1-4-8-19-18(23)21-10-5-9-20(11-12-21)17(22)15-7-6-14(24-2)13-16(15)25-3/h6-7,13H,4-5,8-12H2,1-3H3,(H,19,23). The van der Waals surface area contributed by atoms with Crippen molar-refractivity contribution in [2.45, 2.75) is 19.8 Å². The van der Waals surface area contributed by atoms with Gasteiger partial charge in [-0.3, -0.25) is 4.79 Å². The number of nitrogens with zero attached hydrogens (tertiary/aromatic N) is 2. The fourth-order valence-corrected chi connectivity index (χ4v) is 2.81. The Morgan fingerprint density at radius 2 is 1.80 bits per heavy atom. The van der Waals surface area contributed by atoms with E-state index in [0.717, 1.165) is 12.8 Å². The number of methoxy groups -OCH3 is 2. The number of rotatable bonds is 5. The van der Waals surface area contributed by atoms with Crippen molar-refractivity contribution >= 4 is 11.9 Å². The zero-order valence-corrected chi connectivity index (χ0v) is 15.2. The maximum absolute atomic E-state index is 12.9. The highest BCUT2D eigenvalue weighted by Gasteiger charge is 2.24. The van der Waals surface area contributed by atoms with Gasteiger partial charge in [-0.1, -0.05) is 6.92 Å². The van der Waals surface area contributed by atoms with Crippen molar-refractivity contribution in [1.29, 1.82) is 0 Å². The van der Waals surface area contributed by atoms with Gasteiger partial charge >= 0.3 is 6.03 Å². The van der Waals surface area contributed by atoms with Gasteiger partial charge in [-0.2, -0.15) is 0 Å². The second kappa shape index (κ2) is 9.15. The molecule has 0 bridgehead atoms. The third-order valence-corrected chi connectivity index (χ3v) is 4.24. The molecule has 1 aromatic rings. The third-order valence-electron chi connectivity index (χ3n) is 4.24. The zero-order valence-electron chi connectivity index (χ0n) is 15.2. The van der Waals surface area contributed by atoms with Gasteiger partial charge in [0.1, 0.15) is 11.5 Å². The molecule has 1 saturated heterocycles. The van der Waals surface area contributed by atoms with E-state index in [-0.39, 0.29) is 11.9 Å². The van der Waals surface area contributed by atoms with E-state index >= 15 is 0 Å². The monoisotopic (exact) mass is 349 g/mol. The molecule has 0 atom stereocenters. The summed E-state index contributed by atoms with van der Waals surface area (Å²) in [6.45, 7) is 4.99. The summed E-state index contributed by atoms with van der Waals surface area (Å²) in [5.74, 6) is 1.05. The lowest BCUT2D eigenvalue weighted by Crippen LogP contribution is -2.42. The van der Waals surface area contributed by atoms with Crippen LogP contribution in [0.2, 0.25) is 0 Å². The second-order valence-corrected chi connectivity index (χ2v) is 5.93. The molecule has 7 heteroatoms. The molecule has 1 N–H and O–H groups in total. The average molecular weight is 349 g/mol. The fourth-order valence-electron chi connectivity index (χ4n) is 2.81. The molecule has 2 rings (SSSR count). The molecule has 25 heavy (non-hydrogen) atoms. The van der Waals surface area contributed by atoms with Crippen molar-refractivity contribution in [1.82, 2.24) is 15.1 Å². The number of nitrogens with one attached hydrogen (secondary N) is 1. The van der Waals surface area contributed by atoms with Crippen LogP contribution < -0.4 is 14.8 Å². The number of benzene rings is 1. The van der Waals surface area contributed by atoms with Crippen molar-refractivity contribution in [2.24, 2.45) is 0 Å². The molecule has 0 radical (unpaired) electrons. The lowest BCUT2D eigenvalue weighted by Gasteiger charge is -2.23.